The fraction of sp³-hybridized carbons (Fsp3) is 0.562. The van der Waals surface area contributed by atoms with E-state index in [0.717, 1.165) is 37.4 Å². The van der Waals surface area contributed by atoms with Crippen LogP contribution in [0.15, 0.2) is 24.3 Å². The number of carbonyl (C=O) groups is 1. The number of piperidine rings is 1. The number of ether oxygens (including phenoxy) is 2. The zero-order chi connectivity index (χ0) is 14.2. The van der Waals surface area contributed by atoms with Gasteiger partial charge in [0, 0.05) is 24.9 Å². The predicted molar refractivity (Wildman–Crippen MR) is 78.3 cm³/mol. The second-order valence-corrected chi connectivity index (χ2v) is 5.02. The second kappa shape index (κ2) is 7.90. The van der Waals surface area contributed by atoms with Crippen LogP contribution in [0, 0.1) is 5.92 Å². The van der Waals surface area contributed by atoms with Gasteiger partial charge in [-0.1, -0.05) is 6.07 Å². The first-order valence-electron chi connectivity index (χ1n) is 7.38. The van der Waals surface area contributed by atoms with Crippen molar-refractivity contribution in [2.24, 2.45) is 5.92 Å². The zero-order valence-corrected chi connectivity index (χ0v) is 12.1. The second-order valence-electron chi connectivity index (χ2n) is 5.02. The molecule has 1 aliphatic rings. The van der Waals surface area contributed by atoms with Crippen LogP contribution in [0.1, 0.15) is 26.2 Å². The van der Waals surface area contributed by atoms with Gasteiger partial charge in [-0.2, -0.15) is 0 Å². The van der Waals surface area contributed by atoms with Crippen molar-refractivity contribution in [1.29, 1.82) is 0 Å². The first-order chi connectivity index (χ1) is 9.79. The molecule has 0 spiro atoms. The third-order valence-corrected chi connectivity index (χ3v) is 3.49. The minimum atomic E-state index is 0.169. The fourth-order valence-electron chi connectivity index (χ4n) is 2.42. The Kier molecular flexibility index (Phi) is 5.87. The maximum absolute atomic E-state index is 12.0. The van der Waals surface area contributed by atoms with Gasteiger partial charge >= 0.3 is 0 Å². The number of nitrogens with one attached hydrogen (secondary N) is 1. The highest BCUT2D eigenvalue weighted by Crippen LogP contribution is 2.20. The van der Waals surface area contributed by atoms with E-state index in [2.05, 4.69) is 5.32 Å². The molecule has 4 nitrogen and oxygen atoms in total. The van der Waals surface area contributed by atoms with Gasteiger partial charge in [-0.25, -0.2) is 0 Å². The van der Waals surface area contributed by atoms with Crippen molar-refractivity contribution in [1.82, 2.24) is 5.32 Å². The first-order valence-corrected chi connectivity index (χ1v) is 7.38. The largest absolute Gasteiger partial charge is 0.494 e. The topological polar surface area (TPSA) is 47.6 Å². The highest BCUT2D eigenvalue weighted by molar-refractivity contribution is 5.81. The third kappa shape index (κ3) is 4.53. The maximum Gasteiger partial charge on any atom is 0.140 e. The van der Waals surface area contributed by atoms with Gasteiger partial charge in [0.1, 0.15) is 17.3 Å². The lowest BCUT2D eigenvalue weighted by Crippen LogP contribution is -2.34. The molecule has 1 heterocycles. The average Bonchev–Trinajstić information content (AvgIpc) is 2.49. The van der Waals surface area contributed by atoms with Crippen molar-refractivity contribution >= 4 is 5.78 Å². The quantitative estimate of drug-likeness (QED) is 0.831. The van der Waals surface area contributed by atoms with Crippen LogP contribution in [0.2, 0.25) is 0 Å². The molecule has 0 radical (unpaired) electrons. The van der Waals surface area contributed by atoms with Crippen molar-refractivity contribution in [3.8, 4) is 11.5 Å². The molecule has 0 aliphatic carbocycles. The van der Waals surface area contributed by atoms with E-state index < -0.39 is 0 Å². The molecule has 1 unspecified atom stereocenters. The summed E-state index contributed by atoms with van der Waals surface area (Å²) in [5, 5.41) is 3.27. The lowest BCUT2D eigenvalue weighted by atomic mass is 9.94. The van der Waals surface area contributed by atoms with Gasteiger partial charge in [0.15, 0.2) is 0 Å². The lowest BCUT2D eigenvalue weighted by molar-refractivity contribution is -0.123. The molecule has 1 aromatic rings. The van der Waals surface area contributed by atoms with Gasteiger partial charge in [0.2, 0.25) is 0 Å². The summed E-state index contributed by atoms with van der Waals surface area (Å²) in [7, 11) is 0. The Bertz CT molecular complexity index is 427. The Morgan fingerprint density at radius 1 is 1.35 bits per heavy atom. The number of Topliss-reactive ketones (excluding diaryl/α,β-unsaturated/α-hetero) is 1. The van der Waals surface area contributed by atoms with Crippen LogP contribution in [0.5, 0.6) is 11.5 Å². The molecular formula is C16H23NO3. The molecule has 2 rings (SSSR count). The minimum absolute atomic E-state index is 0.169. The van der Waals surface area contributed by atoms with Crippen LogP contribution in [0.25, 0.3) is 0 Å². The number of carbonyl (C=O) groups excluding carboxylic acids is 1. The summed E-state index contributed by atoms with van der Waals surface area (Å²) in [5.74, 6) is 2.03. The Morgan fingerprint density at radius 2 is 2.15 bits per heavy atom. The van der Waals surface area contributed by atoms with E-state index in [4.69, 9.17) is 9.47 Å². The molecule has 1 aromatic carbocycles. The standard InChI is InChI=1S/C16H23NO3/c1-2-19-14-6-3-7-15(11-14)20-10-8-16(18)13-5-4-9-17-12-13/h3,6-7,11,13,17H,2,4-5,8-10,12H2,1H3. The van der Waals surface area contributed by atoms with Crippen molar-refractivity contribution in [3.05, 3.63) is 24.3 Å². The van der Waals surface area contributed by atoms with Gasteiger partial charge in [0.25, 0.3) is 0 Å². The summed E-state index contributed by atoms with van der Waals surface area (Å²) in [6.07, 6.45) is 2.57. The summed E-state index contributed by atoms with van der Waals surface area (Å²) < 4.78 is 11.0. The molecule has 4 heteroatoms. The number of rotatable bonds is 7. The summed E-state index contributed by atoms with van der Waals surface area (Å²) in [5.41, 5.74) is 0. The molecule has 20 heavy (non-hydrogen) atoms. The Morgan fingerprint density at radius 3 is 2.85 bits per heavy atom. The highest BCUT2D eigenvalue weighted by atomic mass is 16.5. The average molecular weight is 277 g/mol. The smallest absolute Gasteiger partial charge is 0.140 e. The van der Waals surface area contributed by atoms with Gasteiger partial charge < -0.3 is 14.8 Å². The minimum Gasteiger partial charge on any atom is -0.494 e. The predicted octanol–water partition coefficient (Wildman–Crippen LogP) is 2.42. The van der Waals surface area contributed by atoms with Crippen LogP contribution in [0.3, 0.4) is 0 Å². The first kappa shape index (κ1) is 14.9. The van der Waals surface area contributed by atoms with Crippen LogP contribution >= 0.6 is 0 Å². The van der Waals surface area contributed by atoms with E-state index in [1.54, 1.807) is 0 Å². The van der Waals surface area contributed by atoms with Crippen LogP contribution in [-0.2, 0) is 4.79 Å². The molecule has 0 amide bonds. The summed E-state index contributed by atoms with van der Waals surface area (Å²) >= 11 is 0. The Hall–Kier alpha value is -1.55. The summed E-state index contributed by atoms with van der Waals surface area (Å²) in [6.45, 7) is 4.87. The molecule has 1 N–H and O–H groups in total. The van der Waals surface area contributed by atoms with Gasteiger partial charge in [-0.15, -0.1) is 0 Å². The zero-order valence-electron chi connectivity index (χ0n) is 12.1. The summed E-state index contributed by atoms with van der Waals surface area (Å²) in [6, 6.07) is 7.54. The van der Waals surface area contributed by atoms with E-state index in [9.17, 15) is 4.79 Å². The van der Waals surface area contributed by atoms with Crippen LogP contribution in [0.4, 0.5) is 0 Å². The van der Waals surface area contributed by atoms with Crippen molar-refractivity contribution in [2.75, 3.05) is 26.3 Å². The van der Waals surface area contributed by atoms with Crippen molar-refractivity contribution < 1.29 is 14.3 Å². The van der Waals surface area contributed by atoms with Crippen molar-refractivity contribution in [3.63, 3.8) is 0 Å². The maximum atomic E-state index is 12.0. The highest BCUT2D eigenvalue weighted by Gasteiger charge is 2.20. The molecule has 1 saturated heterocycles. The van der Waals surface area contributed by atoms with E-state index in [1.807, 2.05) is 31.2 Å². The molecular weight excluding hydrogens is 254 g/mol. The monoisotopic (exact) mass is 277 g/mol. The molecule has 0 bridgehead atoms. The number of hydrogen-bond donors (Lipinski definition) is 1. The SMILES string of the molecule is CCOc1cccc(OCCC(=O)C2CCCNC2)c1. The Labute approximate surface area is 120 Å². The molecule has 1 fully saturated rings. The van der Waals surface area contributed by atoms with E-state index in [1.165, 1.54) is 0 Å². The van der Waals surface area contributed by atoms with Crippen LogP contribution < -0.4 is 14.8 Å². The lowest BCUT2D eigenvalue weighted by Gasteiger charge is -2.21. The van der Waals surface area contributed by atoms with Gasteiger partial charge in [-0.3, -0.25) is 4.79 Å². The van der Waals surface area contributed by atoms with Gasteiger partial charge in [-0.05, 0) is 38.4 Å². The normalized spacial score (nSPS) is 18.6. The van der Waals surface area contributed by atoms with Crippen molar-refractivity contribution in [2.45, 2.75) is 26.2 Å². The molecule has 0 aromatic heterocycles. The molecule has 1 aliphatic heterocycles. The number of benzene rings is 1. The molecule has 110 valence electrons. The molecule has 1 atom stereocenters. The fourth-order valence-corrected chi connectivity index (χ4v) is 2.42. The number of ketones is 1. The van der Waals surface area contributed by atoms with E-state index in [0.29, 0.717) is 25.4 Å². The summed E-state index contributed by atoms with van der Waals surface area (Å²) in [4.78, 5) is 12.0. The van der Waals surface area contributed by atoms with Crippen LogP contribution in [-0.4, -0.2) is 32.1 Å². The number of hydrogen-bond acceptors (Lipinski definition) is 4. The van der Waals surface area contributed by atoms with E-state index >= 15 is 0 Å². The third-order valence-electron chi connectivity index (χ3n) is 3.49. The molecule has 0 saturated carbocycles. The van der Waals surface area contributed by atoms with E-state index in [-0.39, 0.29) is 5.92 Å². The van der Waals surface area contributed by atoms with Gasteiger partial charge in [0.05, 0.1) is 13.2 Å². The Balaban J connectivity index is 1.74.